The van der Waals surface area contributed by atoms with Crippen molar-refractivity contribution >= 4 is 5.91 Å². The third-order valence-corrected chi connectivity index (χ3v) is 7.70. The summed E-state index contributed by atoms with van der Waals surface area (Å²) in [5, 5.41) is 0. The minimum absolute atomic E-state index is 0.0332. The van der Waals surface area contributed by atoms with Crippen molar-refractivity contribution in [1.29, 1.82) is 0 Å². The number of likely N-dealkylation sites (tertiary alicyclic amines) is 2. The van der Waals surface area contributed by atoms with Gasteiger partial charge < -0.3 is 4.90 Å². The van der Waals surface area contributed by atoms with E-state index in [-0.39, 0.29) is 17.3 Å². The highest BCUT2D eigenvalue weighted by Gasteiger charge is 2.57. The molecule has 3 fully saturated rings. The number of rotatable bonds is 4. The van der Waals surface area contributed by atoms with Gasteiger partial charge in [0.05, 0.1) is 6.42 Å². The molecule has 1 amide bonds. The second kappa shape index (κ2) is 8.14. The highest BCUT2D eigenvalue weighted by molar-refractivity contribution is 5.80. The Balaban J connectivity index is 1.33. The molecule has 0 bridgehead atoms. The van der Waals surface area contributed by atoms with Gasteiger partial charge in [0.25, 0.3) is 0 Å². The summed E-state index contributed by atoms with van der Waals surface area (Å²) in [7, 11) is 0. The molecule has 1 spiro atoms. The third kappa shape index (κ3) is 3.66. The molecule has 2 atom stereocenters. The van der Waals surface area contributed by atoms with E-state index in [1.807, 2.05) is 0 Å². The Morgan fingerprint density at radius 2 is 1.63 bits per heavy atom. The van der Waals surface area contributed by atoms with E-state index in [0.717, 1.165) is 44.6 Å². The first-order chi connectivity index (χ1) is 14.6. The Morgan fingerprint density at radius 1 is 0.900 bits per heavy atom. The topological polar surface area (TPSA) is 23.6 Å². The predicted molar refractivity (Wildman–Crippen MR) is 116 cm³/mol. The maximum absolute atomic E-state index is 13.4. The van der Waals surface area contributed by atoms with Crippen LogP contribution in [0.15, 0.2) is 54.6 Å². The van der Waals surface area contributed by atoms with Crippen molar-refractivity contribution in [1.82, 2.24) is 9.80 Å². The number of fused-ring (bicyclic) bond motifs is 2. The Hall–Kier alpha value is -2.20. The lowest BCUT2D eigenvalue weighted by Gasteiger charge is -2.45. The van der Waals surface area contributed by atoms with E-state index in [4.69, 9.17) is 0 Å². The van der Waals surface area contributed by atoms with Crippen molar-refractivity contribution in [3.8, 4) is 0 Å². The normalized spacial score (nSPS) is 25.6. The van der Waals surface area contributed by atoms with Crippen LogP contribution >= 0.6 is 0 Å². The maximum atomic E-state index is 13.4. The van der Waals surface area contributed by atoms with Crippen LogP contribution in [0.3, 0.4) is 0 Å². The van der Waals surface area contributed by atoms with Gasteiger partial charge >= 0.3 is 0 Å². The van der Waals surface area contributed by atoms with Crippen LogP contribution in [-0.4, -0.2) is 40.9 Å². The van der Waals surface area contributed by atoms with Crippen molar-refractivity contribution < 1.29 is 9.18 Å². The summed E-state index contributed by atoms with van der Waals surface area (Å²) in [4.78, 5) is 18.3. The fourth-order valence-electron chi connectivity index (χ4n) is 6.37. The molecule has 4 heteroatoms. The van der Waals surface area contributed by atoms with Gasteiger partial charge in [0.2, 0.25) is 5.91 Å². The van der Waals surface area contributed by atoms with Gasteiger partial charge in [-0.05, 0) is 42.0 Å². The summed E-state index contributed by atoms with van der Waals surface area (Å²) >= 11 is 0. The van der Waals surface area contributed by atoms with Crippen molar-refractivity contribution in [2.45, 2.75) is 50.6 Å². The number of hydrogen-bond acceptors (Lipinski definition) is 2. The molecule has 30 heavy (non-hydrogen) atoms. The van der Waals surface area contributed by atoms with Crippen LogP contribution in [0.1, 0.15) is 43.2 Å². The average molecular weight is 407 g/mol. The van der Waals surface area contributed by atoms with Gasteiger partial charge in [0.15, 0.2) is 0 Å². The number of nitrogens with zero attached hydrogens (tertiary/aromatic N) is 2. The molecular weight excluding hydrogens is 375 g/mol. The molecule has 2 aliphatic heterocycles. The Bertz CT molecular complexity index is 876. The van der Waals surface area contributed by atoms with E-state index in [1.54, 1.807) is 12.1 Å². The van der Waals surface area contributed by atoms with Crippen LogP contribution in [0.5, 0.6) is 0 Å². The average Bonchev–Trinajstić information content (AvgIpc) is 3.29. The van der Waals surface area contributed by atoms with E-state index < -0.39 is 0 Å². The van der Waals surface area contributed by atoms with Gasteiger partial charge in [-0.2, -0.15) is 0 Å². The molecular formula is C26H31FN2O. The summed E-state index contributed by atoms with van der Waals surface area (Å²) < 4.78 is 13.3. The van der Waals surface area contributed by atoms with Gasteiger partial charge in [-0.25, -0.2) is 4.39 Å². The number of halogens is 1. The van der Waals surface area contributed by atoms with Crippen LogP contribution in [0.4, 0.5) is 4.39 Å². The monoisotopic (exact) mass is 406 g/mol. The fraction of sp³-hybridized carbons (Fsp3) is 0.500. The smallest absolute Gasteiger partial charge is 0.227 e. The van der Waals surface area contributed by atoms with E-state index in [1.165, 1.54) is 37.0 Å². The fourth-order valence-corrected chi connectivity index (χ4v) is 6.37. The van der Waals surface area contributed by atoms with Crippen LogP contribution in [0.25, 0.3) is 0 Å². The molecule has 0 radical (unpaired) electrons. The second-order valence-corrected chi connectivity index (χ2v) is 9.52. The Kier molecular flexibility index (Phi) is 5.36. The molecule has 3 aliphatic rings. The quantitative estimate of drug-likeness (QED) is 0.737. The summed E-state index contributed by atoms with van der Waals surface area (Å²) in [5.74, 6) is 1.14. The summed E-state index contributed by atoms with van der Waals surface area (Å²) in [5.41, 5.74) is 2.32. The first kappa shape index (κ1) is 19.7. The highest BCUT2D eigenvalue weighted by Crippen LogP contribution is 2.51. The summed E-state index contributed by atoms with van der Waals surface area (Å²) in [6, 6.07) is 17.1. The van der Waals surface area contributed by atoms with Crippen molar-refractivity contribution in [2.75, 3.05) is 19.6 Å². The van der Waals surface area contributed by atoms with Crippen LogP contribution < -0.4 is 0 Å². The standard InChI is InChI=1S/C26H31FN2O/c27-23-11-9-20(10-12-23)15-25(30)29-18-22-17-28(16-21-7-3-1-4-8-21)19-24(22)26(29)13-5-2-6-14-26/h1,3-4,7-12,22,24H,2,5-6,13-19H2/t22-,24-/m1/s1. The van der Waals surface area contributed by atoms with Gasteiger partial charge in [-0.3, -0.25) is 9.69 Å². The summed E-state index contributed by atoms with van der Waals surface area (Å²) in [6.07, 6.45) is 6.40. The van der Waals surface area contributed by atoms with Crippen LogP contribution in [-0.2, 0) is 17.8 Å². The largest absolute Gasteiger partial charge is 0.336 e. The van der Waals surface area contributed by atoms with Gasteiger partial charge in [0, 0.05) is 37.6 Å². The van der Waals surface area contributed by atoms with Gasteiger partial charge in [0.1, 0.15) is 5.82 Å². The number of hydrogen-bond donors (Lipinski definition) is 0. The minimum Gasteiger partial charge on any atom is -0.336 e. The zero-order valence-corrected chi connectivity index (χ0v) is 17.6. The molecule has 5 rings (SSSR count). The molecule has 2 aromatic carbocycles. The second-order valence-electron chi connectivity index (χ2n) is 9.52. The highest BCUT2D eigenvalue weighted by atomic mass is 19.1. The summed E-state index contributed by atoms with van der Waals surface area (Å²) in [6.45, 7) is 4.07. The molecule has 2 aromatic rings. The molecule has 0 unspecified atom stereocenters. The first-order valence-electron chi connectivity index (χ1n) is 11.5. The Labute approximate surface area is 178 Å². The van der Waals surface area contributed by atoms with Crippen molar-refractivity contribution in [3.05, 3.63) is 71.5 Å². The Morgan fingerprint density at radius 3 is 2.37 bits per heavy atom. The van der Waals surface area contributed by atoms with Crippen LogP contribution in [0, 0.1) is 17.7 Å². The molecule has 2 heterocycles. The zero-order valence-electron chi connectivity index (χ0n) is 17.6. The zero-order chi connectivity index (χ0) is 20.6. The lowest BCUT2D eigenvalue weighted by atomic mass is 9.71. The van der Waals surface area contributed by atoms with Gasteiger partial charge in [-0.1, -0.05) is 61.7 Å². The first-order valence-corrected chi connectivity index (χ1v) is 11.5. The number of benzene rings is 2. The molecule has 3 nitrogen and oxygen atoms in total. The SMILES string of the molecule is O=C(Cc1ccc(F)cc1)N1C[C@H]2CN(Cc3ccccc3)C[C@H]2C12CCCCC2. The lowest BCUT2D eigenvalue weighted by Crippen LogP contribution is -2.53. The maximum Gasteiger partial charge on any atom is 0.227 e. The lowest BCUT2D eigenvalue weighted by molar-refractivity contribution is -0.137. The van der Waals surface area contributed by atoms with E-state index in [0.29, 0.717) is 18.3 Å². The number of carbonyl (C=O) groups excluding carboxylic acids is 1. The molecule has 0 N–H and O–H groups in total. The molecule has 158 valence electrons. The molecule has 1 aliphatic carbocycles. The van der Waals surface area contributed by atoms with Crippen LogP contribution in [0.2, 0.25) is 0 Å². The van der Waals surface area contributed by atoms with E-state index in [9.17, 15) is 9.18 Å². The van der Waals surface area contributed by atoms with Crippen molar-refractivity contribution in [2.24, 2.45) is 11.8 Å². The molecule has 0 aromatic heterocycles. The number of amides is 1. The predicted octanol–water partition coefficient (Wildman–Crippen LogP) is 4.66. The van der Waals surface area contributed by atoms with Gasteiger partial charge in [-0.15, -0.1) is 0 Å². The molecule has 2 saturated heterocycles. The van der Waals surface area contributed by atoms with Crippen molar-refractivity contribution in [3.63, 3.8) is 0 Å². The van der Waals surface area contributed by atoms with E-state index in [2.05, 4.69) is 40.1 Å². The third-order valence-electron chi connectivity index (χ3n) is 7.70. The minimum atomic E-state index is -0.246. The molecule has 1 saturated carbocycles. The number of carbonyl (C=O) groups is 1. The van der Waals surface area contributed by atoms with E-state index >= 15 is 0 Å².